The summed E-state index contributed by atoms with van der Waals surface area (Å²) >= 11 is 15.2. The van der Waals surface area contributed by atoms with Gasteiger partial charge in [-0.15, -0.1) is 0 Å². The number of halogens is 10. The van der Waals surface area contributed by atoms with Crippen LogP contribution >= 0.6 is 39.1 Å². The minimum atomic E-state index is -6.33. The number of alkyl carbamates (subject to hydrolysis) is 1. The fourth-order valence-electron chi connectivity index (χ4n) is 3.20. The van der Waals surface area contributed by atoms with Gasteiger partial charge in [0.1, 0.15) is 21.8 Å². The first-order valence-corrected chi connectivity index (χ1v) is 12.4. The molecule has 0 aromatic heterocycles. The van der Waals surface area contributed by atoms with Crippen LogP contribution < -0.4 is 10.6 Å². The molecule has 0 radical (unpaired) electrons. The Morgan fingerprint density at radius 3 is 2.03 bits per heavy atom. The number of amides is 1. The average molecular weight is 668 g/mol. The lowest BCUT2D eigenvalue weighted by molar-refractivity contribution is -0.495. The molecule has 2 aromatic carbocycles. The molecule has 0 fully saturated rings. The summed E-state index contributed by atoms with van der Waals surface area (Å²) in [6.45, 7) is 5.16. The van der Waals surface area contributed by atoms with Crippen molar-refractivity contribution in [2.75, 3.05) is 0 Å². The first-order chi connectivity index (χ1) is 17.7. The number of allylic oxidation sites excluding steroid dienone is 1. The molecule has 0 aliphatic rings. The van der Waals surface area contributed by atoms with Crippen LogP contribution in [0.2, 0.25) is 10.0 Å². The minimum Gasteiger partial charge on any atom is -0.444 e. The van der Waals surface area contributed by atoms with E-state index < -0.39 is 45.3 Å². The number of benzene rings is 2. The van der Waals surface area contributed by atoms with Gasteiger partial charge in [0.2, 0.25) is 0 Å². The summed E-state index contributed by atoms with van der Waals surface area (Å²) in [5, 5.41) is 10.1. The molecule has 2 rings (SSSR count). The fraction of sp³-hybridized carbons (Fsp3) is 0.333. The number of rotatable bonds is 7. The molecule has 0 atom stereocenters. The third-order valence-corrected chi connectivity index (χ3v) is 6.44. The third-order valence-electron chi connectivity index (χ3n) is 5.04. The zero-order valence-corrected chi connectivity index (χ0v) is 23.5. The van der Waals surface area contributed by atoms with Gasteiger partial charge in [0, 0.05) is 22.8 Å². The maximum atomic E-state index is 14.4. The van der Waals surface area contributed by atoms with Gasteiger partial charge in [0.25, 0.3) is 0 Å². The highest BCUT2D eigenvalue weighted by Gasteiger charge is 2.73. The highest BCUT2D eigenvalue weighted by molar-refractivity contribution is 9.10. The van der Waals surface area contributed by atoms with Gasteiger partial charge in [-0.25, -0.2) is 9.18 Å². The largest absolute Gasteiger partial charge is 0.444 e. The van der Waals surface area contributed by atoms with Gasteiger partial charge in [0.15, 0.2) is 5.69 Å². The van der Waals surface area contributed by atoms with Gasteiger partial charge in [0.05, 0.1) is 5.57 Å². The van der Waals surface area contributed by atoms with E-state index in [1.54, 1.807) is 39.0 Å². The average Bonchev–Trinajstić information content (AvgIpc) is 2.77. The molecule has 0 bridgehead atoms. The van der Waals surface area contributed by atoms with E-state index in [9.17, 15) is 35.5 Å². The van der Waals surface area contributed by atoms with Crippen molar-refractivity contribution in [2.45, 2.75) is 50.9 Å². The minimum absolute atomic E-state index is 0.0564. The third kappa shape index (κ3) is 7.86. The summed E-state index contributed by atoms with van der Waals surface area (Å²) in [7, 11) is 0. The van der Waals surface area contributed by atoms with Crippen molar-refractivity contribution < 1.29 is 45.6 Å². The van der Waals surface area contributed by atoms with Crippen molar-refractivity contribution in [1.82, 2.24) is 5.32 Å². The van der Waals surface area contributed by atoms with E-state index in [1.165, 1.54) is 6.20 Å². The predicted molar refractivity (Wildman–Crippen MR) is 137 cm³/mol. The maximum absolute atomic E-state index is 14.4. The van der Waals surface area contributed by atoms with E-state index in [0.717, 1.165) is 11.5 Å². The molecule has 0 aliphatic carbocycles. The number of hydrogen-bond donors (Lipinski definition) is 3. The summed E-state index contributed by atoms with van der Waals surface area (Å²) in [5.74, 6) is 0. The van der Waals surface area contributed by atoms with Crippen molar-refractivity contribution in [3.05, 3.63) is 67.7 Å². The van der Waals surface area contributed by atoms with E-state index in [4.69, 9.17) is 33.3 Å². The Bertz CT molecular complexity index is 1240. The predicted octanol–water partition coefficient (Wildman–Crippen LogP) is 7.96. The Balaban J connectivity index is 2.37. The number of alkyl halides is 7. The monoisotopic (exact) mass is 666 g/mol. The standard InChI is InChI=1S/C24H21BrCl2F7N3O2/c1-21(2,3)39-20(38)37-10-13-6-12(4-5-16(13)25)14(9-35)11-36-19-17(26)7-15(8-18(19)27)22(28,23(29,30)31)24(32,33)34/h4-9,11,35-36H,10H2,1-3H3,(H,37,38)/p+1. The Morgan fingerprint density at radius 1 is 1.03 bits per heavy atom. The number of carbonyl (C=O) groups is 1. The zero-order chi connectivity index (χ0) is 30.0. The molecule has 1 amide bonds. The lowest BCUT2D eigenvalue weighted by Gasteiger charge is -2.30. The van der Waals surface area contributed by atoms with Crippen molar-refractivity contribution in [3.63, 3.8) is 0 Å². The van der Waals surface area contributed by atoms with Crippen molar-refractivity contribution in [1.29, 1.82) is 5.41 Å². The molecule has 2 aromatic rings. The first kappa shape index (κ1) is 32.9. The van der Waals surface area contributed by atoms with Gasteiger partial charge >= 0.3 is 24.1 Å². The summed E-state index contributed by atoms with van der Waals surface area (Å²) in [5.41, 5.74) is -7.11. The van der Waals surface area contributed by atoms with Crippen LogP contribution in [-0.2, 0) is 17.0 Å². The lowest BCUT2D eigenvalue weighted by atomic mass is 9.94. The Labute approximate surface area is 237 Å². The van der Waals surface area contributed by atoms with Crippen LogP contribution in [0.25, 0.3) is 5.57 Å². The second-order valence-corrected chi connectivity index (χ2v) is 10.8. The first-order valence-electron chi connectivity index (χ1n) is 10.8. The summed E-state index contributed by atoms with van der Waals surface area (Å²) < 4.78 is 98.9. The van der Waals surface area contributed by atoms with Gasteiger partial charge in [-0.1, -0.05) is 45.2 Å². The smallest absolute Gasteiger partial charge is 0.435 e. The van der Waals surface area contributed by atoms with Gasteiger partial charge in [-0.2, -0.15) is 26.3 Å². The van der Waals surface area contributed by atoms with Crippen LogP contribution in [0.3, 0.4) is 0 Å². The van der Waals surface area contributed by atoms with Crippen LogP contribution in [0.15, 0.2) is 41.0 Å². The quantitative estimate of drug-likeness (QED) is 0.159. The normalized spacial score (nSPS) is 13.3. The molecule has 4 N–H and O–H groups in total. The lowest BCUT2D eigenvalue weighted by Crippen LogP contribution is -2.71. The van der Waals surface area contributed by atoms with Gasteiger partial charge < -0.3 is 15.5 Å². The molecular weight excluding hydrogens is 646 g/mol. The molecule has 5 nitrogen and oxygen atoms in total. The van der Waals surface area contributed by atoms with Gasteiger partial charge in [-0.05, 0) is 56.2 Å². The molecule has 0 spiro atoms. The zero-order valence-electron chi connectivity index (χ0n) is 20.4. The van der Waals surface area contributed by atoms with Crippen LogP contribution in [-0.4, -0.2) is 30.3 Å². The van der Waals surface area contributed by atoms with Crippen LogP contribution in [0, 0.1) is 5.41 Å². The van der Waals surface area contributed by atoms with Crippen LogP contribution in [0.1, 0.15) is 37.5 Å². The van der Waals surface area contributed by atoms with Crippen LogP contribution in [0.4, 0.5) is 41.2 Å². The highest BCUT2D eigenvalue weighted by Crippen LogP contribution is 2.54. The Morgan fingerprint density at radius 2 is 1.56 bits per heavy atom. The number of carbonyl (C=O) groups excluding carboxylic acids is 1. The Kier molecular flexibility index (Phi) is 10.1. The summed E-state index contributed by atoms with van der Waals surface area (Å²) in [6.07, 6.45) is -11.1. The second kappa shape index (κ2) is 12.0. The summed E-state index contributed by atoms with van der Waals surface area (Å²) in [4.78, 5) is 12.0. The molecule has 0 saturated heterocycles. The van der Waals surface area contributed by atoms with E-state index in [2.05, 4.69) is 21.2 Å². The summed E-state index contributed by atoms with van der Waals surface area (Å²) in [6, 6.07) is 5.30. The number of nitrogens with two attached hydrogens (primary N) is 1. The van der Waals surface area contributed by atoms with E-state index in [-0.39, 0.29) is 29.9 Å². The number of quaternary nitrogens is 1. The van der Waals surface area contributed by atoms with Crippen LogP contribution in [0.5, 0.6) is 0 Å². The van der Waals surface area contributed by atoms with E-state index in [0.29, 0.717) is 15.6 Å². The molecule has 0 unspecified atom stereocenters. The molecule has 0 heterocycles. The van der Waals surface area contributed by atoms with Crippen molar-refractivity contribution in [3.8, 4) is 0 Å². The number of hydrogen-bond acceptors (Lipinski definition) is 3. The SMILES string of the molecule is CC(C)(C)OC(=O)NCc1cc(C(C=N)=C[NH2+]c2c(Cl)cc(C(F)(C(F)(F)F)C(F)(F)F)cc2Cl)ccc1Br. The molecule has 0 saturated carbocycles. The second-order valence-electron chi connectivity index (χ2n) is 9.10. The molecule has 39 heavy (non-hydrogen) atoms. The molecule has 214 valence electrons. The Hall–Kier alpha value is -2.35. The number of ether oxygens (including phenoxy) is 1. The molecular formula is C24H22BrCl2F7N3O2+. The topological polar surface area (TPSA) is 78.8 Å². The molecule has 0 aliphatic heterocycles. The fourth-order valence-corrected chi connectivity index (χ4v) is 4.20. The molecule has 15 heteroatoms. The van der Waals surface area contributed by atoms with Crippen molar-refractivity contribution >= 4 is 62.7 Å². The maximum Gasteiger partial charge on any atom is 0.435 e. The van der Waals surface area contributed by atoms with Crippen molar-refractivity contribution in [2.24, 2.45) is 0 Å². The van der Waals surface area contributed by atoms with E-state index >= 15 is 0 Å². The van der Waals surface area contributed by atoms with Gasteiger partial charge in [-0.3, -0.25) is 5.32 Å². The van der Waals surface area contributed by atoms with E-state index in [1.807, 2.05) is 0 Å². The highest BCUT2D eigenvalue weighted by atomic mass is 79.9. The number of nitrogens with one attached hydrogen (secondary N) is 2.